The Labute approximate surface area is 156 Å². The zero-order valence-corrected chi connectivity index (χ0v) is 16.2. The monoisotopic (exact) mass is 361 g/mol. The molecule has 1 aromatic carbocycles. The predicted molar refractivity (Wildman–Crippen MR) is 104 cm³/mol. The van der Waals surface area contributed by atoms with E-state index in [0.29, 0.717) is 18.9 Å². The van der Waals surface area contributed by atoms with Gasteiger partial charge in [-0.15, -0.1) is 0 Å². The molecule has 1 heterocycles. The molecule has 0 atom stereocenters. The summed E-state index contributed by atoms with van der Waals surface area (Å²) < 4.78 is 5.36. The van der Waals surface area contributed by atoms with E-state index in [1.807, 2.05) is 31.2 Å². The standard InChI is InChI=1S/C20H31N3O3/c1-4-22(20(25)10-5-16(2)3)15-19(24)21-17-6-8-18(9-7-17)23-11-13-26-14-12-23/h6-9,16H,4-5,10-15H2,1-3H3,(H,21,24). The fraction of sp³-hybridized carbons (Fsp3) is 0.600. The Morgan fingerprint density at radius 1 is 1.19 bits per heavy atom. The van der Waals surface area contributed by atoms with E-state index in [0.717, 1.165) is 44.1 Å². The Bertz CT molecular complexity index is 580. The Balaban J connectivity index is 1.84. The van der Waals surface area contributed by atoms with E-state index in [4.69, 9.17) is 4.74 Å². The number of hydrogen-bond acceptors (Lipinski definition) is 4. The van der Waals surface area contributed by atoms with Gasteiger partial charge in [-0.05, 0) is 43.5 Å². The van der Waals surface area contributed by atoms with Crippen LogP contribution in [0.15, 0.2) is 24.3 Å². The van der Waals surface area contributed by atoms with Gasteiger partial charge in [-0.25, -0.2) is 0 Å². The summed E-state index contributed by atoms with van der Waals surface area (Å²) in [5.41, 5.74) is 1.88. The van der Waals surface area contributed by atoms with Crippen LogP contribution in [0.2, 0.25) is 0 Å². The smallest absolute Gasteiger partial charge is 0.243 e. The topological polar surface area (TPSA) is 61.9 Å². The molecule has 0 radical (unpaired) electrons. The van der Waals surface area contributed by atoms with Gasteiger partial charge in [0.2, 0.25) is 11.8 Å². The number of nitrogens with one attached hydrogen (secondary N) is 1. The van der Waals surface area contributed by atoms with Crippen molar-refractivity contribution < 1.29 is 14.3 Å². The summed E-state index contributed by atoms with van der Waals surface area (Å²) in [4.78, 5) is 28.4. The van der Waals surface area contributed by atoms with Crippen LogP contribution in [0.5, 0.6) is 0 Å². The summed E-state index contributed by atoms with van der Waals surface area (Å²) >= 11 is 0. The molecular formula is C20H31N3O3. The van der Waals surface area contributed by atoms with Crippen LogP contribution in [0, 0.1) is 5.92 Å². The molecule has 0 unspecified atom stereocenters. The van der Waals surface area contributed by atoms with Gasteiger partial charge in [-0.3, -0.25) is 9.59 Å². The van der Waals surface area contributed by atoms with Crippen LogP contribution < -0.4 is 10.2 Å². The van der Waals surface area contributed by atoms with Crippen LogP contribution in [0.25, 0.3) is 0 Å². The highest BCUT2D eigenvalue weighted by molar-refractivity contribution is 5.94. The Hall–Kier alpha value is -2.08. The van der Waals surface area contributed by atoms with Crippen LogP contribution in [0.1, 0.15) is 33.6 Å². The zero-order valence-electron chi connectivity index (χ0n) is 16.2. The minimum atomic E-state index is -0.163. The lowest BCUT2D eigenvalue weighted by atomic mass is 10.1. The summed E-state index contributed by atoms with van der Waals surface area (Å²) in [5.74, 6) is 0.361. The number of carbonyl (C=O) groups is 2. The van der Waals surface area contributed by atoms with Gasteiger partial charge in [0.1, 0.15) is 0 Å². The molecule has 26 heavy (non-hydrogen) atoms. The van der Waals surface area contributed by atoms with E-state index in [9.17, 15) is 9.59 Å². The van der Waals surface area contributed by atoms with E-state index >= 15 is 0 Å². The number of nitrogens with zero attached hydrogens (tertiary/aromatic N) is 2. The predicted octanol–water partition coefficient (Wildman–Crippen LogP) is 2.75. The van der Waals surface area contributed by atoms with Crippen LogP contribution in [-0.4, -0.2) is 56.1 Å². The molecule has 0 aromatic heterocycles. The van der Waals surface area contributed by atoms with E-state index in [-0.39, 0.29) is 18.4 Å². The molecule has 1 aliphatic heterocycles. The van der Waals surface area contributed by atoms with Gasteiger partial charge in [0.25, 0.3) is 0 Å². The third kappa shape index (κ3) is 6.33. The quantitative estimate of drug-likeness (QED) is 0.773. The molecule has 6 heteroatoms. The minimum Gasteiger partial charge on any atom is -0.378 e. The number of rotatable bonds is 8. The number of carbonyl (C=O) groups excluding carboxylic acids is 2. The van der Waals surface area contributed by atoms with Crippen LogP contribution >= 0.6 is 0 Å². The zero-order chi connectivity index (χ0) is 18.9. The van der Waals surface area contributed by atoms with Crippen molar-refractivity contribution in [2.45, 2.75) is 33.6 Å². The maximum Gasteiger partial charge on any atom is 0.243 e. The third-order valence-corrected chi connectivity index (χ3v) is 4.53. The fourth-order valence-corrected chi connectivity index (χ4v) is 2.90. The normalized spacial score (nSPS) is 14.4. The van der Waals surface area contributed by atoms with Gasteiger partial charge < -0.3 is 19.9 Å². The van der Waals surface area contributed by atoms with Crippen molar-refractivity contribution in [3.05, 3.63) is 24.3 Å². The molecule has 2 amide bonds. The van der Waals surface area contributed by atoms with Crippen molar-refractivity contribution in [2.75, 3.05) is 49.6 Å². The van der Waals surface area contributed by atoms with E-state index in [1.54, 1.807) is 4.90 Å². The number of morpholine rings is 1. The maximum absolute atomic E-state index is 12.3. The van der Waals surface area contributed by atoms with Crippen molar-refractivity contribution >= 4 is 23.2 Å². The molecule has 1 aliphatic rings. The van der Waals surface area contributed by atoms with Gasteiger partial charge in [0.05, 0.1) is 19.8 Å². The van der Waals surface area contributed by atoms with E-state index in [1.165, 1.54) is 0 Å². The molecule has 2 rings (SSSR count). The van der Waals surface area contributed by atoms with Gasteiger partial charge >= 0.3 is 0 Å². The lowest BCUT2D eigenvalue weighted by Crippen LogP contribution is -2.38. The molecule has 0 aliphatic carbocycles. The molecule has 1 aromatic rings. The Kier molecular flexibility index (Phi) is 7.91. The molecule has 1 N–H and O–H groups in total. The van der Waals surface area contributed by atoms with Crippen molar-refractivity contribution in [3.8, 4) is 0 Å². The first kappa shape index (κ1) is 20.2. The largest absolute Gasteiger partial charge is 0.378 e. The van der Waals surface area contributed by atoms with E-state index in [2.05, 4.69) is 24.1 Å². The van der Waals surface area contributed by atoms with Crippen LogP contribution in [0.4, 0.5) is 11.4 Å². The first-order valence-electron chi connectivity index (χ1n) is 9.50. The summed E-state index contributed by atoms with van der Waals surface area (Å²) in [5, 5.41) is 2.88. The van der Waals surface area contributed by atoms with Crippen molar-refractivity contribution in [3.63, 3.8) is 0 Å². The molecule has 0 saturated carbocycles. The summed E-state index contributed by atoms with van der Waals surface area (Å²) in [6.45, 7) is 9.99. The maximum atomic E-state index is 12.3. The van der Waals surface area contributed by atoms with Crippen molar-refractivity contribution in [2.24, 2.45) is 5.92 Å². The molecule has 0 bridgehead atoms. The number of likely N-dealkylation sites (N-methyl/N-ethyl adjacent to an activating group) is 1. The highest BCUT2D eigenvalue weighted by Crippen LogP contribution is 2.19. The number of amides is 2. The second-order valence-electron chi connectivity index (χ2n) is 7.03. The number of benzene rings is 1. The third-order valence-electron chi connectivity index (χ3n) is 4.53. The molecule has 0 spiro atoms. The van der Waals surface area contributed by atoms with Gasteiger partial charge in [0.15, 0.2) is 0 Å². The summed E-state index contributed by atoms with van der Waals surface area (Å²) in [7, 11) is 0. The highest BCUT2D eigenvalue weighted by Gasteiger charge is 2.16. The van der Waals surface area contributed by atoms with Crippen molar-refractivity contribution in [1.29, 1.82) is 0 Å². The second kappa shape index (κ2) is 10.2. The molecule has 1 fully saturated rings. The van der Waals surface area contributed by atoms with Gasteiger partial charge in [-0.1, -0.05) is 13.8 Å². The first-order valence-corrected chi connectivity index (χ1v) is 9.50. The van der Waals surface area contributed by atoms with E-state index < -0.39 is 0 Å². The van der Waals surface area contributed by atoms with Crippen LogP contribution in [-0.2, 0) is 14.3 Å². The second-order valence-corrected chi connectivity index (χ2v) is 7.03. The number of anilines is 2. The average molecular weight is 361 g/mol. The highest BCUT2D eigenvalue weighted by atomic mass is 16.5. The SMILES string of the molecule is CCN(CC(=O)Nc1ccc(N2CCOCC2)cc1)C(=O)CCC(C)C. The summed E-state index contributed by atoms with van der Waals surface area (Å²) in [6, 6.07) is 7.82. The first-order chi connectivity index (χ1) is 12.5. The summed E-state index contributed by atoms with van der Waals surface area (Å²) in [6.07, 6.45) is 1.34. The lowest BCUT2D eigenvalue weighted by molar-refractivity contribution is -0.134. The fourth-order valence-electron chi connectivity index (χ4n) is 2.90. The van der Waals surface area contributed by atoms with Gasteiger partial charge in [0, 0.05) is 37.4 Å². The van der Waals surface area contributed by atoms with Crippen molar-refractivity contribution in [1.82, 2.24) is 4.90 Å². The molecular weight excluding hydrogens is 330 g/mol. The minimum absolute atomic E-state index is 0.0408. The lowest BCUT2D eigenvalue weighted by Gasteiger charge is -2.29. The Morgan fingerprint density at radius 2 is 1.85 bits per heavy atom. The molecule has 6 nitrogen and oxygen atoms in total. The average Bonchev–Trinajstić information content (AvgIpc) is 2.65. The number of ether oxygens (including phenoxy) is 1. The molecule has 1 saturated heterocycles. The van der Waals surface area contributed by atoms with Crippen LogP contribution in [0.3, 0.4) is 0 Å². The van der Waals surface area contributed by atoms with Gasteiger partial charge in [-0.2, -0.15) is 0 Å². The molecule has 144 valence electrons. The number of hydrogen-bond donors (Lipinski definition) is 1. The Morgan fingerprint density at radius 3 is 2.42 bits per heavy atom.